The second kappa shape index (κ2) is 11.7. The van der Waals surface area contributed by atoms with Crippen molar-refractivity contribution in [3.63, 3.8) is 0 Å². The summed E-state index contributed by atoms with van der Waals surface area (Å²) in [5.74, 6) is 1.10. The molecule has 13 nitrogen and oxygen atoms in total. The van der Waals surface area contributed by atoms with E-state index < -0.39 is 33.6 Å². The number of carbonyl (C=O) groups is 1. The Kier molecular flexibility index (Phi) is 7.68. The van der Waals surface area contributed by atoms with Gasteiger partial charge in [-0.05, 0) is 31.0 Å². The van der Waals surface area contributed by atoms with Gasteiger partial charge in [-0.1, -0.05) is 35.5 Å². The molecule has 7 rings (SSSR count). The highest BCUT2D eigenvalue weighted by molar-refractivity contribution is 7.89. The highest BCUT2D eigenvalue weighted by Crippen LogP contribution is 2.37. The number of likely N-dealkylation sites (tertiary alicyclic amines) is 1. The number of fused-ring (bicyclic) bond motifs is 2. The van der Waals surface area contributed by atoms with Crippen LogP contribution < -0.4 is 10.1 Å². The number of hydrogen-bond acceptors (Lipinski definition) is 10. The molecule has 3 aliphatic heterocycles. The molecule has 5 heterocycles. The summed E-state index contributed by atoms with van der Waals surface area (Å²) < 4.78 is 42.5. The van der Waals surface area contributed by atoms with Crippen molar-refractivity contribution in [2.24, 2.45) is 7.05 Å². The average Bonchev–Trinajstić information content (AvgIpc) is 3.78. The molecule has 1 spiro atoms. The lowest BCUT2D eigenvalue weighted by Gasteiger charge is -2.42. The van der Waals surface area contributed by atoms with Gasteiger partial charge in [0.25, 0.3) is 0 Å². The third-order valence-electron chi connectivity index (χ3n) is 9.08. The van der Waals surface area contributed by atoms with Gasteiger partial charge in [-0.3, -0.25) is 9.69 Å². The first kappa shape index (κ1) is 29.6. The van der Waals surface area contributed by atoms with Crippen LogP contribution >= 0.6 is 0 Å². The number of benzene rings is 2. The van der Waals surface area contributed by atoms with Crippen LogP contribution in [0.4, 0.5) is 0 Å². The fraction of sp³-hybridized carbons (Fsp3) is 0.419. The predicted octanol–water partition coefficient (Wildman–Crippen LogP) is 2.19. The number of amides is 1. The average molecular weight is 634 g/mol. The number of nitrogens with one attached hydrogen (secondary N) is 1. The summed E-state index contributed by atoms with van der Waals surface area (Å²) in [4.78, 5) is 20.3. The van der Waals surface area contributed by atoms with Gasteiger partial charge in [0.15, 0.2) is 11.6 Å². The van der Waals surface area contributed by atoms with Crippen LogP contribution in [0.5, 0.6) is 5.75 Å². The first-order chi connectivity index (χ1) is 21.7. The SMILES string of the molecule is Cn1ncnc1-c1ccc2c(c1)OCCC1(CCN(Cc3cc(-c4ccccc4)no3)CC1)NC(=O)[C@@H]1C[C@@H](O)CN1S2(=O)=O. The van der Waals surface area contributed by atoms with Crippen molar-refractivity contribution in [1.29, 1.82) is 0 Å². The number of hydrogen-bond donors (Lipinski definition) is 2. The van der Waals surface area contributed by atoms with Crippen molar-refractivity contribution >= 4 is 15.9 Å². The van der Waals surface area contributed by atoms with E-state index in [1.165, 1.54) is 12.4 Å². The van der Waals surface area contributed by atoms with Crippen LogP contribution in [0.1, 0.15) is 31.4 Å². The minimum absolute atomic E-state index is 0.0235. The summed E-state index contributed by atoms with van der Waals surface area (Å²) in [6.45, 7) is 1.97. The highest BCUT2D eigenvalue weighted by atomic mass is 32.2. The molecular formula is C31H35N7O6S. The maximum atomic E-state index is 14.0. The predicted molar refractivity (Wildman–Crippen MR) is 162 cm³/mol. The monoisotopic (exact) mass is 633 g/mol. The van der Waals surface area contributed by atoms with Crippen LogP contribution in [0.3, 0.4) is 0 Å². The first-order valence-corrected chi connectivity index (χ1v) is 16.5. The molecule has 2 aromatic carbocycles. The lowest BCUT2D eigenvalue weighted by molar-refractivity contribution is -0.127. The number of aromatic nitrogens is 4. The number of aryl methyl sites for hydroxylation is 1. The molecule has 2 N–H and O–H groups in total. The number of sulfonamides is 1. The van der Waals surface area contributed by atoms with Crippen LogP contribution in [0, 0.1) is 0 Å². The number of aliphatic hydroxyl groups is 1. The maximum absolute atomic E-state index is 14.0. The maximum Gasteiger partial charge on any atom is 0.247 e. The van der Waals surface area contributed by atoms with Crippen LogP contribution in [0.15, 0.2) is 70.3 Å². The smallest absolute Gasteiger partial charge is 0.247 e. The Balaban J connectivity index is 1.13. The molecule has 0 saturated carbocycles. The normalized spacial score (nSPS) is 23.5. The van der Waals surface area contributed by atoms with Crippen LogP contribution in [0.2, 0.25) is 0 Å². The number of rotatable bonds is 4. The van der Waals surface area contributed by atoms with E-state index in [1.54, 1.807) is 23.9 Å². The van der Waals surface area contributed by atoms with Gasteiger partial charge in [-0.15, -0.1) is 0 Å². The van der Waals surface area contributed by atoms with Gasteiger partial charge in [0.2, 0.25) is 15.9 Å². The van der Waals surface area contributed by atoms with E-state index in [-0.39, 0.29) is 30.2 Å². The minimum Gasteiger partial charge on any atom is -0.492 e. The molecule has 2 saturated heterocycles. The molecule has 1 amide bonds. The van der Waals surface area contributed by atoms with E-state index in [9.17, 15) is 18.3 Å². The lowest BCUT2D eigenvalue weighted by Crippen LogP contribution is -2.59. The van der Waals surface area contributed by atoms with Crippen molar-refractivity contribution < 1.29 is 27.6 Å². The molecule has 2 fully saturated rings. The number of piperidine rings is 1. The highest BCUT2D eigenvalue weighted by Gasteiger charge is 2.47. The molecule has 14 heteroatoms. The van der Waals surface area contributed by atoms with Crippen molar-refractivity contribution in [3.05, 3.63) is 66.7 Å². The molecule has 45 heavy (non-hydrogen) atoms. The zero-order valence-corrected chi connectivity index (χ0v) is 25.7. The molecule has 2 aromatic heterocycles. The Morgan fingerprint density at radius 2 is 1.87 bits per heavy atom. The summed E-state index contributed by atoms with van der Waals surface area (Å²) in [6.07, 6.45) is 2.25. The van der Waals surface area contributed by atoms with Gasteiger partial charge >= 0.3 is 0 Å². The number of ether oxygens (including phenoxy) is 1. The van der Waals surface area contributed by atoms with E-state index in [4.69, 9.17) is 9.26 Å². The second-order valence-corrected chi connectivity index (χ2v) is 13.9. The third-order valence-corrected chi connectivity index (χ3v) is 11.0. The Morgan fingerprint density at radius 3 is 2.62 bits per heavy atom. The van der Waals surface area contributed by atoms with Crippen molar-refractivity contribution in [1.82, 2.24) is 34.4 Å². The lowest BCUT2D eigenvalue weighted by atomic mass is 9.84. The minimum atomic E-state index is -4.18. The molecule has 2 atom stereocenters. The largest absolute Gasteiger partial charge is 0.492 e. The van der Waals surface area contributed by atoms with Crippen molar-refractivity contribution in [2.75, 3.05) is 26.2 Å². The number of aliphatic hydroxyl groups excluding tert-OH is 1. The van der Waals surface area contributed by atoms with Crippen LogP contribution in [-0.4, -0.2) is 92.5 Å². The quantitative estimate of drug-likeness (QED) is 0.342. The van der Waals surface area contributed by atoms with Crippen LogP contribution in [0.25, 0.3) is 22.6 Å². The van der Waals surface area contributed by atoms with E-state index >= 15 is 0 Å². The molecule has 0 radical (unpaired) electrons. The van der Waals surface area contributed by atoms with Gasteiger partial charge < -0.3 is 19.7 Å². The molecule has 3 aliphatic rings. The first-order valence-electron chi connectivity index (χ1n) is 15.1. The van der Waals surface area contributed by atoms with E-state index in [1.807, 2.05) is 36.4 Å². The molecule has 0 bridgehead atoms. The van der Waals surface area contributed by atoms with Gasteiger partial charge in [-0.2, -0.15) is 9.40 Å². The Hall–Kier alpha value is -4.11. The van der Waals surface area contributed by atoms with E-state index in [0.29, 0.717) is 50.3 Å². The second-order valence-electron chi connectivity index (χ2n) is 12.0. The van der Waals surface area contributed by atoms with E-state index in [0.717, 1.165) is 21.3 Å². The van der Waals surface area contributed by atoms with Gasteiger partial charge in [0.1, 0.15) is 28.7 Å². The van der Waals surface area contributed by atoms with Gasteiger partial charge in [-0.25, -0.2) is 18.1 Å². The van der Waals surface area contributed by atoms with Crippen molar-refractivity contribution in [2.45, 2.75) is 54.8 Å². The zero-order chi connectivity index (χ0) is 31.2. The molecule has 0 aliphatic carbocycles. The van der Waals surface area contributed by atoms with E-state index in [2.05, 4.69) is 25.5 Å². The summed E-state index contributed by atoms with van der Waals surface area (Å²) in [5.41, 5.74) is 1.81. The Labute approximate surface area is 260 Å². The molecule has 0 unspecified atom stereocenters. The Morgan fingerprint density at radius 1 is 1.07 bits per heavy atom. The third kappa shape index (κ3) is 5.74. The Bertz CT molecular complexity index is 1800. The summed E-state index contributed by atoms with van der Waals surface area (Å²) in [5, 5.41) is 22.1. The van der Waals surface area contributed by atoms with Gasteiger partial charge in [0, 0.05) is 62.3 Å². The summed E-state index contributed by atoms with van der Waals surface area (Å²) in [6, 6.07) is 15.6. The molecule has 4 aromatic rings. The topological polar surface area (TPSA) is 156 Å². The van der Waals surface area contributed by atoms with Crippen LogP contribution in [-0.2, 0) is 28.4 Å². The van der Waals surface area contributed by atoms with Crippen molar-refractivity contribution in [3.8, 4) is 28.4 Å². The fourth-order valence-corrected chi connectivity index (χ4v) is 8.33. The zero-order valence-electron chi connectivity index (χ0n) is 24.9. The molecule has 236 valence electrons. The summed E-state index contributed by atoms with van der Waals surface area (Å²) in [7, 11) is -2.43. The molecular weight excluding hydrogens is 598 g/mol. The number of carbonyl (C=O) groups excluding carboxylic acids is 1. The standard InChI is InChI=1S/C31H35N7O6S/c1-36-29(32-20-33-36)22-7-8-28-27(15-22)43-14-11-31(34-30(40)26-16-23(39)18-38(26)45(28,41)42)9-12-37(13-10-31)19-24-17-25(35-44-24)21-5-3-2-4-6-21/h2-8,15,17,20,23,26,39H,9-14,16,18-19H2,1H3,(H,34,40)/t23-,26+/m1/s1. The summed E-state index contributed by atoms with van der Waals surface area (Å²) >= 11 is 0. The fourth-order valence-electron chi connectivity index (χ4n) is 6.58. The van der Waals surface area contributed by atoms with Gasteiger partial charge in [0.05, 0.1) is 19.3 Å². The number of nitrogens with zero attached hydrogens (tertiary/aromatic N) is 6.